The summed E-state index contributed by atoms with van der Waals surface area (Å²) in [7, 11) is 1.74. The van der Waals surface area contributed by atoms with Crippen LogP contribution in [0.3, 0.4) is 0 Å². The molecule has 0 radical (unpaired) electrons. The van der Waals surface area contributed by atoms with Crippen molar-refractivity contribution in [3.63, 3.8) is 0 Å². The first-order chi connectivity index (χ1) is 7.06. The van der Waals surface area contributed by atoms with Crippen molar-refractivity contribution < 1.29 is 9.47 Å². The van der Waals surface area contributed by atoms with Gasteiger partial charge in [-0.3, -0.25) is 0 Å². The summed E-state index contributed by atoms with van der Waals surface area (Å²) in [6, 6.07) is 0. The molecule has 1 saturated heterocycles. The largest absolute Gasteiger partial charge is 0.385 e. The Morgan fingerprint density at radius 3 is 1.93 bits per heavy atom. The van der Waals surface area contributed by atoms with Crippen LogP contribution in [0, 0.1) is 11.8 Å². The fourth-order valence-corrected chi connectivity index (χ4v) is 1.35. The highest BCUT2D eigenvalue weighted by molar-refractivity contribution is 4.67. The van der Waals surface area contributed by atoms with Gasteiger partial charge in [0.2, 0.25) is 0 Å². The maximum Gasteiger partial charge on any atom is 0.0599 e. The molecule has 0 aromatic heterocycles. The summed E-state index contributed by atoms with van der Waals surface area (Å²) in [5.74, 6) is 1.58. The molecule has 1 atom stereocenters. The second-order valence-corrected chi connectivity index (χ2v) is 5.09. The summed E-state index contributed by atoms with van der Waals surface area (Å²) in [4.78, 5) is 0. The summed E-state index contributed by atoms with van der Waals surface area (Å²) < 4.78 is 10.1. The molecule has 2 nitrogen and oxygen atoms in total. The zero-order valence-corrected chi connectivity index (χ0v) is 11.1. The van der Waals surface area contributed by atoms with Gasteiger partial charge in [0.15, 0.2) is 0 Å². The Kier molecular flexibility index (Phi) is 9.12. The molecule has 1 aliphatic rings. The molecule has 0 spiro atoms. The Labute approximate surface area is 95.3 Å². The smallest absolute Gasteiger partial charge is 0.0599 e. The van der Waals surface area contributed by atoms with E-state index in [1.165, 1.54) is 19.3 Å². The lowest BCUT2D eigenvalue weighted by atomic mass is 10.0. The first-order valence-electron chi connectivity index (χ1n) is 6.16. The molecule has 1 rings (SSSR count). The normalized spacial score (nSPS) is 19.8. The molecule has 0 unspecified atom stereocenters. The van der Waals surface area contributed by atoms with Crippen molar-refractivity contribution in [1.82, 2.24) is 0 Å². The van der Waals surface area contributed by atoms with Crippen molar-refractivity contribution in [3.8, 4) is 0 Å². The first kappa shape index (κ1) is 14.9. The Bertz CT molecular complexity index is 128. The van der Waals surface area contributed by atoms with E-state index >= 15 is 0 Å². The summed E-state index contributed by atoms with van der Waals surface area (Å²) in [6.07, 6.45) is 4.32. The molecule has 0 aromatic rings. The average Bonchev–Trinajstić information content (AvgIpc) is 2.09. The highest BCUT2D eigenvalue weighted by Gasteiger charge is 2.18. The van der Waals surface area contributed by atoms with Crippen LogP contribution in [0.25, 0.3) is 0 Å². The van der Waals surface area contributed by atoms with E-state index in [2.05, 4.69) is 27.7 Å². The lowest BCUT2D eigenvalue weighted by Crippen LogP contribution is -2.27. The molecule has 0 bridgehead atoms. The molecule has 0 aromatic carbocycles. The molecule has 1 heterocycles. The number of hydrogen-bond donors (Lipinski definition) is 0. The van der Waals surface area contributed by atoms with Crippen molar-refractivity contribution in [2.45, 2.75) is 53.1 Å². The summed E-state index contributed by atoms with van der Waals surface area (Å²) in [5, 5.41) is 0. The number of hydrogen-bond acceptors (Lipinski definition) is 2. The topological polar surface area (TPSA) is 18.5 Å². The van der Waals surface area contributed by atoms with E-state index in [4.69, 9.17) is 9.47 Å². The lowest BCUT2D eigenvalue weighted by Gasteiger charge is -2.27. The first-order valence-corrected chi connectivity index (χ1v) is 6.16. The minimum Gasteiger partial charge on any atom is -0.385 e. The Balaban J connectivity index is 0.000000265. The van der Waals surface area contributed by atoms with E-state index in [1.807, 2.05) is 0 Å². The van der Waals surface area contributed by atoms with Crippen molar-refractivity contribution >= 4 is 0 Å². The van der Waals surface area contributed by atoms with E-state index in [0.717, 1.165) is 25.0 Å². The van der Waals surface area contributed by atoms with Crippen LogP contribution in [0.1, 0.15) is 47.0 Å². The van der Waals surface area contributed by atoms with Gasteiger partial charge in [0.1, 0.15) is 0 Å². The van der Waals surface area contributed by atoms with Crippen LogP contribution in [0.4, 0.5) is 0 Å². The molecule has 0 N–H and O–H groups in total. The predicted octanol–water partition coefficient (Wildman–Crippen LogP) is 3.50. The quantitative estimate of drug-likeness (QED) is 0.700. The van der Waals surface area contributed by atoms with Crippen LogP contribution in [0.15, 0.2) is 0 Å². The zero-order chi connectivity index (χ0) is 11.7. The third-order valence-corrected chi connectivity index (χ3v) is 2.43. The summed E-state index contributed by atoms with van der Waals surface area (Å²) in [6.45, 7) is 10.8. The van der Waals surface area contributed by atoms with Gasteiger partial charge >= 0.3 is 0 Å². The number of rotatable bonds is 5. The van der Waals surface area contributed by atoms with Crippen LogP contribution >= 0.6 is 0 Å². The van der Waals surface area contributed by atoms with Gasteiger partial charge in [0.25, 0.3) is 0 Å². The standard InChI is InChI=1S/C7H14O.C6H14O/c1-6(2)5-7-3-4-8-7;1-6(2)4-5-7-3/h6-7H,3-5H2,1-2H3;6H,4-5H2,1-3H3/t7-;/m0./s1. The predicted molar refractivity (Wildman–Crippen MR) is 65.1 cm³/mol. The second kappa shape index (κ2) is 9.17. The average molecular weight is 216 g/mol. The molecule has 15 heavy (non-hydrogen) atoms. The minimum absolute atomic E-state index is 0.606. The van der Waals surface area contributed by atoms with Crippen LogP contribution in [-0.4, -0.2) is 26.4 Å². The minimum atomic E-state index is 0.606. The third kappa shape index (κ3) is 10.2. The highest BCUT2D eigenvalue weighted by Crippen LogP contribution is 2.18. The monoisotopic (exact) mass is 216 g/mol. The summed E-state index contributed by atoms with van der Waals surface area (Å²) >= 11 is 0. The van der Waals surface area contributed by atoms with E-state index in [0.29, 0.717) is 6.10 Å². The van der Waals surface area contributed by atoms with E-state index in [9.17, 15) is 0 Å². The molecule has 0 saturated carbocycles. The molecule has 0 aliphatic carbocycles. The van der Waals surface area contributed by atoms with E-state index in [-0.39, 0.29) is 0 Å². The molecule has 1 fully saturated rings. The van der Waals surface area contributed by atoms with Gasteiger partial charge in [0.05, 0.1) is 6.10 Å². The van der Waals surface area contributed by atoms with E-state index in [1.54, 1.807) is 7.11 Å². The second-order valence-electron chi connectivity index (χ2n) is 5.09. The van der Waals surface area contributed by atoms with Gasteiger partial charge in [-0.2, -0.15) is 0 Å². The fourth-order valence-electron chi connectivity index (χ4n) is 1.35. The fraction of sp³-hybridized carbons (Fsp3) is 1.00. The zero-order valence-electron chi connectivity index (χ0n) is 11.1. The molecule has 2 heteroatoms. The third-order valence-electron chi connectivity index (χ3n) is 2.43. The van der Waals surface area contributed by atoms with Gasteiger partial charge in [0, 0.05) is 20.3 Å². The lowest BCUT2D eigenvalue weighted by molar-refractivity contribution is -0.0605. The Morgan fingerprint density at radius 2 is 1.80 bits per heavy atom. The molecule has 92 valence electrons. The van der Waals surface area contributed by atoms with Crippen molar-refractivity contribution in [2.75, 3.05) is 20.3 Å². The van der Waals surface area contributed by atoms with Gasteiger partial charge < -0.3 is 9.47 Å². The highest BCUT2D eigenvalue weighted by atomic mass is 16.5. The molecule has 1 aliphatic heterocycles. The van der Waals surface area contributed by atoms with Gasteiger partial charge in [-0.25, -0.2) is 0 Å². The van der Waals surface area contributed by atoms with Crippen molar-refractivity contribution in [2.24, 2.45) is 11.8 Å². The Morgan fingerprint density at radius 1 is 1.20 bits per heavy atom. The SMILES string of the molecule is CC(C)C[C@@H]1CCO1.COCCC(C)C. The molecular formula is C13H28O2. The van der Waals surface area contributed by atoms with Gasteiger partial charge in [-0.1, -0.05) is 27.7 Å². The van der Waals surface area contributed by atoms with Crippen LogP contribution in [-0.2, 0) is 9.47 Å². The van der Waals surface area contributed by atoms with E-state index < -0.39 is 0 Å². The van der Waals surface area contributed by atoms with Gasteiger partial charge in [-0.15, -0.1) is 0 Å². The number of methoxy groups -OCH3 is 1. The number of ether oxygens (including phenoxy) is 2. The van der Waals surface area contributed by atoms with Gasteiger partial charge in [-0.05, 0) is 31.1 Å². The summed E-state index contributed by atoms with van der Waals surface area (Å²) in [5.41, 5.74) is 0. The Hall–Kier alpha value is -0.0800. The van der Waals surface area contributed by atoms with Crippen molar-refractivity contribution in [1.29, 1.82) is 0 Å². The molecular weight excluding hydrogens is 188 g/mol. The van der Waals surface area contributed by atoms with Crippen molar-refractivity contribution in [3.05, 3.63) is 0 Å². The van der Waals surface area contributed by atoms with Crippen LogP contribution in [0.5, 0.6) is 0 Å². The maximum absolute atomic E-state index is 5.24. The molecule has 0 amide bonds. The van der Waals surface area contributed by atoms with Crippen LogP contribution < -0.4 is 0 Å². The maximum atomic E-state index is 5.24. The van der Waals surface area contributed by atoms with Crippen LogP contribution in [0.2, 0.25) is 0 Å².